The molecule has 1 heteroatoms. The summed E-state index contributed by atoms with van der Waals surface area (Å²) < 4.78 is 0. The Hall–Kier alpha value is -6.18. The topological polar surface area (TPSA) is 3.24 Å². The van der Waals surface area contributed by atoms with Crippen LogP contribution in [-0.4, -0.2) is 0 Å². The normalized spacial score (nSPS) is 20.9. The molecule has 0 aliphatic heterocycles. The fraction of sp³-hybridized carbons (Fsp3) is 0.303. The van der Waals surface area contributed by atoms with E-state index in [-0.39, 0.29) is 33.5 Å². The van der Waals surface area contributed by atoms with E-state index in [1.54, 1.807) is 0 Å². The van der Waals surface area contributed by atoms with Crippen molar-refractivity contribution in [3.8, 4) is 22.3 Å². The first-order valence-electron chi connectivity index (χ1n) is 25.0. The van der Waals surface area contributed by atoms with E-state index >= 15 is 0 Å². The molecule has 336 valence electrons. The van der Waals surface area contributed by atoms with Crippen LogP contribution in [0.2, 0.25) is 0 Å². The zero-order valence-electron chi connectivity index (χ0n) is 41.3. The van der Waals surface area contributed by atoms with Gasteiger partial charge in [0.25, 0.3) is 0 Å². The minimum Gasteiger partial charge on any atom is -0.310 e. The second kappa shape index (κ2) is 15.7. The fourth-order valence-electron chi connectivity index (χ4n) is 13.0. The maximum atomic E-state index is 2.65. The van der Waals surface area contributed by atoms with E-state index in [1.807, 2.05) is 0 Å². The Morgan fingerprint density at radius 3 is 1.51 bits per heavy atom. The number of aryl methyl sites for hydroxylation is 1. The van der Waals surface area contributed by atoms with E-state index in [9.17, 15) is 0 Å². The Kier molecular flexibility index (Phi) is 10.2. The van der Waals surface area contributed by atoms with Gasteiger partial charge in [0.2, 0.25) is 0 Å². The Morgan fingerprint density at radius 2 is 0.910 bits per heavy atom. The van der Waals surface area contributed by atoms with Gasteiger partial charge in [-0.2, -0.15) is 0 Å². The van der Waals surface area contributed by atoms with Gasteiger partial charge in [-0.15, -0.1) is 0 Å². The van der Waals surface area contributed by atoms with Gasteiger partial charge in [0.05, 0.1) is 11.1 Å². The number of anilines is 3. The lowest BCUT2D eigenvalue weighted by Crippen LogP contribution is -2.35. The van der Waals surface area contributed by atoms with E-state index in [1.165, 1.54) is 103 Å². The van der Waals surface area contributed by atoms with Gasteiger partial charge in [-0.05, 0) is 163 Å². The van der Waals surface area contributed by atoms with E-state index in [2.05, 4.69) is 249 Å². The lowest BCUT2D eigenvalue weighted by molar-refractivity contribution is 0.332. The molecule has 0 spiro atoms. The quantitative estimate of drug-likeness (QED) is 0.154. The molecular weight excluding hydrogens is 807 g/mol. The van der Waals surface area contributed by atoms with E-state index < -0.39 is 5.41 Å². The van der Waals surface area contributed by atoms with E-state index in [4.69, 9.17) is 0 Å². The minimum atomic E-state index is -0.432. The van der Waals surface area contributed by atoms with Crippen molar-refractivity contribution in [1.29, 1.82) is 0 Å². The molecule has 2 atom stereocenters. The largest absolute Gasteiger partial charge is 0.310 e. The predicted molar refractivity (Wildman–Crippen MR) is 285 cm³/mol. The van der Waals surface area contributed by atoms with Gasteiger partial charge < -0.3 is 4.90 Å². The standard InChI is InChI=1S/C66H67N/c1-44-39-58-60(65(8,9)38-37-63(58,4)5)42-52(44)54-41-53-51-27-19-20-28-55(51)66(47-23-15-11-16-24-47,48-25-17-12-18-26-48)57(53)43-61(54)67(49-31-29-46(30-32-49)45-21-13-10-14-22-45)50-33-34-56-59(40-50)64(6,7)36-35-62(56,2)3/h10-34,39-43,51,55H,35-38H2,1-9H3. The third kappa shape index (κ3) is 6.93. The van der Waals surface area contributed by atoms with Crippen molar-refractivity contribution in [3.05, 3.63) is 232 Å². The summed E-state index contributed by atoms with van der Waals surface area (Å²) in [4.78, 5) is 2.63. The number of rotatable bonds is 7. The second-order valence-electron chi connectivity index (χ2n) is 23.0. The van der Waals surface area contributed by atoms with Crippen LogP contribution in [0.1, 0.15) is 137 Å². The van der Waals surface area contributed by atoms with Crippen molar-refractivity contribution in [2.75, 3.05) is 4.90 Å². The van der Waals surface area contributed by atoms with Crippen molar-refractivity contribution < 1.29 is 0 Å². The molecule has 0 fully saturated rings. The van der Waals surface area contributed by atoms with E-state index in [0.717, 1.165) is 12.1 Å². The SMILES string of the molecule is Cc1cc2c(cc1-c1cc3c(cc1N(c1ccc(-c4ccccc4)cc1)c1ccc4c(c1)C(C)(C)CCC4(C)C)C(c1ccccc1)(c1ccccc1)C1C=CC=CC31)C(C)(C)CCC2(C)C. The first-order chi connectivity index (χ1) is 32.1. The molecular formula is C66H67N. The van der Waals surface area contributed by atoms with Gasteiger partial charge in [-0.3, -0.25) is 0 Å². The van der Waals surface area contributed by atoms with Gasteiger partial charge in [0.1, 0.15) is 0 Å². The monoisotopic (exact) mass is 874 g/mol. The number of fused-ring (bicyclic) bond motifs is 5. The maximum absolute atomic E-state index is 2.65. The minimum absolute atomic E-state index is 0.0437. The molecule has 0 amide bonds. The lowest BCUT2D eigenvalue weighted by atomic mass is 9.62. The molecule has 0 N–H and O–H groups in total. The van der Waals surface area contributed by atoms with Crippen molar-refractivity contribution in [2.45, 2.75) is 121 Å². The summed E-state index contributed by atoms with van der Waals surface area (Å²) in [5.74, 6) is 0.391. The Labute approximate surface area is 401 Å². The molecule has 0 saturated carbocycles. The molecule has 1 nitrogen and oxygen atoms in total. The van der Waals surface area contributed by atoms with Gasteiger partial charge in [0, 0.05) is 28.8 Å². The summed E-state index contributed by atoms with van der Waals surface area (Å²) in [5, 5.41) is 0. The van der Waals surface area contributed by atoms with Crippen LogP contribution in [0.3, 0.4) is 0 Å². The van der Waals surface area contributed by atoms with Crippen LogP contribution in [0, 0.1) is 12.8 Å². The zero-order chi connectivity index (χ0) is 46.5. The van der Waals surface area contributed by atoms with E-state index in [0.29, 0.717) is 0 Å². The molecule has 0 radical (unpaired) electrons. The second-order valence-corrected chi connectivity index (χ2v) is 23.0. The number of hydrogen-bond acceptors (Lipinski definition) is 1. The average molecular weight is 874 g/mol. The summed E-state index contributed by atoms with van der Waals surface area (Å²) in [6.45, 7) is 22.0. The summed E-state index contributed by atoms with van der Waals surface area (Å²) in [5.41, 5.74) is 21.3. The van der Waals surface area contributed by atoms with Crippen molar-refractivity contribution in [3.63, 3.8) is 0 Å². The van der Waals surface area contributed by atoms with Crippen molar-refractivity contribution in [2.24, 2.45) is 5.92 Å². The Bertz CT molecular complexity index is 3030. The molecule has 0 aromatic heterocycles. The highest BCUT2D eigenvalue weighted by molar-refractivity contribution is 5.92. The van der Waals surface area contributed by atoms with Crippen LogP contribution in [0.15, 0.2) is 182 Å². The van der Waals surface area contributed by atoms with Gasteiger partial charge in [-0.1, -0.05) is 195 Å². The summed E-state index contributed by atoms with van der Waals surface area (Å²) in [6.07, 6.45) is 14.3. The van der Waals surface area contributed by atoms with Gasteiger partial charge in [0.15, 0.2) is 0 Å². The molecule has 7 aromatic carbocycles. The molecule has 0 heterocycles. The lowest BCUT2D eigenvalue weighted by Gasteiger charge is -2.43. The molecule has 67 heavy (non-hydrogen) atoms. The summed E-state index contributed by atoms with van der Waals surface area (Å²) >= 11 is 0. The highest BCUT2D eigenvalue weighted by atomic mass is 15.1. The Balaban J connectivity index is 1.27. The molecule has 4 aliphatic rings. The summed E-state index contributed by atoms with van der Waals surface area (Å²) in [7, 11) is 0. The summed E-state index contributed by atoms with van der Waals surface area (Å²) in [6, 6.07) is 61.0. The number of benzene rings is 7. The first-order valence-corrected chi connectivity index (χ1v) is 25.0. The third-order valence-corrected chi connectivity index (χ3v) is 17.1. The van der Waals surface area contributed by atoms with Crippen LogP contribution < -0.4 is 4.90 Å². The average Bonchev–Trinajstić information content (AvgIpc) is 3.63. The first kappa shape index (κ1) is 43.4. The fourth-order valence-corrected chi connectivity index (χ4v) is 13.0. The van der Waals surface area contributed by atoms with Crippen LogP contribution in [-0.2, 0) is 27.1 Å². The number of hydrogen-bond donors (Lipinski definition) is 0. The molecule has 0 saturated heterocycles. The Morgan fingerprint density at radius 1 is 0.418 bits per heavy atom. The van der Waals surface area contributed by atoms with Crippen LogP contribution in [0.5, 0.6) is 0 Å². The van der Waals surface area contributed by atoms with Crippen LogP contribution in [0.25, 0.3) is 22.3 Å². The van der Waals surface area contributed by atoms with Crippen LogP contribution in [0.4, 0.5) is 17.1 Å². The molecule has 2 unspecified atom stereocenters. The highest BCUT2D eigenvalue weighted by Gasteiger charge is 2.53. The maximum Gasteiger partial charge on any atom is 0.0543 e. The van der Waals surface area contributed by atoms with Gasteiger partial charge in [-0.25, -0.2) is 0 Å². The predicted octanol–water partition coefficient (Wildman–Crippen LogP) is 17.7. The molecule has 7 aromatic rings. The van der Waals surface area contributed by atoms with Gasteiger partial charge >= 0.3 is 0 Å². The smallest absolute Gasteiger partial charge is 0.0543 e. The number of allylic oxidation sites excluding steroid dienone is 4. The number of nitrogens with zero attached hydrogens (tertiary/aromatic N) is 1. The highest BCUT2D eigenvalue weighted by Crippen LogP contribution is 2.62. The molecule has 4 aliphatic carbocycles. The zero-order valence-corrected chi connectivity index (χ0v) is 41.3. The van der Waals surface area contributed by atoms with Crippen molar-refractivity contribution in [1.82, 2.24) is 0 Å². The molecule has 11 rings (SSSR count). The molecule has 0 bridgehead atoms. The third-order valence-electron chi connectivity index (χ3n) is 17.1. The van der Waals surface area contributed by atoms with Crippen LogP contribution >= 0.6 is 0 Å². The van der Waals surface area contributed by atoms with Crippen molar-refractivity contribution >= 4 is 17.1 Å².